The van der Waals surface area contributed by atoms with Gasteiger partial charge in [0, 0.05) is 5.56 Å². The van der Waals surface area contributed by atoms with Crippen molar-refractivity contribution >= 4 is 0 Å². The van der Waals surface area contributed by atoms with Crippen molar-refractivity contribution in [1.29, 1.82) is 0 Å². The Balaban J connectivity index is 2.45. The molecule has 2 rings (SSSR count). The summed E-state index contributed by atoms with van der Waals surface area (Å²) in [5.74, 6) is 7.17. The molecule has 0 aromatic heterocycles. The maximum Gasteiger partial charge on any atom is 0.165 e. The summed E-state index contributed by atoms with van der Waals surface area (Å²) in [6, 6.07) is 14.0. The van der Waals surface area contributed by atoms with Crippen molar-refractivity contribution in [2.24, 2.45) is 5.84 Å². The second-order valence-electron chi connectivity index (χ2n) is 4.78. The van der Waals surface area contributed by atoms with Gasteiger partial charge in [0.15, 0.2) is 11.5 Å². The van der Waals surface area contributed by atoms with Gasteiger partial charge in [0.05, 0.1) is 20.3 Å². The molecule has 0 aliphatic heterocycles. The number of hydrogen-bond acceptors (Lipinski definition) is 4. The summed E-state index contributed by atoms with van der Waals surface area (Å²) in [7, 11) is 3.26. The minimum atomic E-state index is -0.152. The van der Waals surface area contributed by atoms with Crippen molar-refractivity contribution in [3.63, 3.8) is 0 Å². The molecule has 112 valence electrons. The lowest BCUT2D eigenvalue weighted by Gasteiger charge is -2.21. The highest BCUT2D eigenvalue weighted by atomic mass is 16.5. The Morgan fingerprint density at radius 2 is 1.76 bits per heavy atom. The molecule has 0 aliphatic carbocycles. The van der Waals surface area contributed by atoms with Crippen LogP contribution in [0.15, 0.2) is 42.5 Å². The van der Waals surface area contributed by atoms with Gasteiger partial charge in [-0.05, 0) is 23.6 Å². The van der Waals surface area contributed by atoms with Crippen LogP contribution in [0.1, 0.15) is 29.7 Å². The van der Waals surface area contributed by atoms with Gasteiger partial charge in [-0.15, -0.1) is 0 Å². The van der Waals surface area contributed by atoms with Crippen LogP contribution in [0.2, 0.25) is 0 Å². The number of ether oxygens (including phenoxy) is 2. The summed E-state index contributed by atoms with van der Waals surface area (Å²) in [5.41, 5.74) is 6.19. The number of para-hydroxylation sites is 1. The summed E-state index contributed by atoms with van der Waals surface area (Å²) in [6.45, 7) is 2.14. The quantitative estimate of drug-likeness (QED) is 0.633. The van der Waals surface area contributed by atoms with Gasteiger partial charge < -0.3 is 9.47 Å². The Bertz CT molecular complexity index is 582. The second-order valence-corrected chi connectivity index (χ2v) is 4.78. The van der Waals surface area contributed by atoms with Crippen molar-refractivity contribution in [1.82, 2.24) is 5.43 Å². The molecule has 21 heavy (non-hydrogen) atoms. The molecule has 2 aromatic rings. The molecule has 0 heterocycles. The first-order chi connectivity index (χ1) is 10.2. The molecule has 3 N–H and O–H groups in total. The van der Waals surface area contributed by atoms with Crippen LogP contribution < -0.4 is 20.7 Å². The van der Waals surface area contributed by atoms with E-state index in [0.717, 1.165) is 17.5 Å². The third-order valence-electron chi connectivity index (χ3n) is 3.63. The lowest BCUT2D eigenvalue weighted by Crippen LogP contribution is -2.29. The maximum atomic E-state index is 5.78. The third kappa shape index (κ3) is 3.17. The summed E-state index contributed by atoms with van der Waals surface area (Å²) < 4.78 is 10.8. The number of nitrogens with one attached hydrogen (secondary N) is 1. The Morgan fingerprint density at radius 1 is 1.05 bits per heavy atom. The van der Waals surface area contributed by atoms with E-state index in [0.29, 0.717) is 11.5 Å². The van der Waals surface area contributed by atoms with E-state index >= 15 is 0 Å². The largest absolute Gasteiger partial charge is 0.493 e. The van der Waals surface area contributed by atoms with Gasteiger partial charge in [0.25, 0.3) is 0 Å². The van der Waals surface area contributed by atoms with E-state index in [2.05, 4.69) is 36.6 Å². The fourth-order valence-electron chi connectivity index (χ4n) is 2.45. The van der Waals surface area contributed by atoms with Gasteiger partial charge in [-0.2, -0.15) is 0 Å². The van der Waals surface area contributed by atoms with Crippen molar-refractivity contribution in [2.75, 3.05) is 14.2 Å². The number of nitrogens with two attached hydrogens (primary N) is 1. The molecule has 2 aromatic carbocycles. The number of rotatable bonds is 6. The first-order valence-corrected chi connectivity index (χ1v) is 7.01. The van der Waals surface area contributed by atoms with Crippen LogP contribution in [0.3, 0.4) is 0 Å². The lowest BCUT2D eigenvalue weighted by molar-refractivity contribution is 0.349. The normalized spacial score (nSPS) is 12.0. The molecule has 0 fully saturated rings. The molecule has 1 unspecified atom stereocenters. The summed E-state index contributed by atoms with van der Waals surface area (Å²) in [4.78, 5) is 0. The zero-order valence-corrected chi connectivity index (χ0v) is 12.7. The molecule has 1 atom stereocenters. The number of benzene rings is 2. The highest BCUT2D eigenvalue weighted by molar-refractivity contribution is 5.50. The smallest absolute Gasteiger partial charge is 0.165 e. The fraction of sp³-hybridized carbons (Fsp3) is 0.294. The highest BCUT2D eigenvalue weighted by Gasteiger charge is 2.19. The SMILES string of the molecule is CCc1ccc(C(NN)c2cccc(OC)c2OC)cc1. The van der Waals surface area contributed by atoms with E-state index in [1.807, 2.05) is 18.2 Å². The topological polar surface area (TPSA) is 56.5 Å². The van der Waals surface area contributed by atoms with E-state index in [-0.39, 0.29) is 6.04 Å². The number of aryl methyl sites for hydroxylation is 1. The second kappa shape index (κ2) is 7.11. The highest BCUT2D eigenvalue weighted by Crippen LogP contribution is 2.36. The van der Waals surface area contributed by atoms with Crippen LogP contribution >= 0.6 is 0 Å². The summed E-state index contributed by atoms with van der Waals surface area (Å²) in [6.07, 6.45) is 1.02. The van der Waals surface area contributed by atoms with Gasteiger partial charge in [-0.1, -0.05) is 43.3 Å². The van der Waals surface area contributed by atoms with Gasteiger partial charge in [-0.25, -0.2) is 5.43 Å². The average molecular weight is 286 g/mol. The van der Waals surface area contributed by atoms with Crippen LogP contribution in [0.5, 0.6) is 11.5 Å². The van der Waals surface area contributed by atoms with E-state index in [9.17, 15) is 0 Å². The predicted octanol–water partition coefficient (Wildman–Crippen LogP) is 2.82. The molecule has 0 saturated carbocycles. The molecule has 0 aliphatic rings. The van der Waals surface area contributed by atoms with Gasteiger partial charge >= 0.3 is 0 Å². The van der Waals surface area contributed by atoms with Crippen LogP contribution in [-0.4, -0.2) is 14.2 Å². The van der Waals surface area contributed by atoms with Gasteiger partial charge in [0.1, 0.15) is 0 Å². The minimum absolute atomic E-state index is 0.152. The first-order valence-electron chi connectivity index (χ1n) is 7.01. The Hall–Kier alpha value is -2.04. The Morgan fingerprint density at radius 3 is 2.29 bits per heavy atom. The Kier molecular flexibility index (Phi) is 5.20. The van der Waals surface area contributed by atoms with Gasteiger partial charge in [-0.3, -0.25) is 5.84 Å². The summed E-state index contributed by atoms with van der Waals surface area (Å²) in [5, 5.41) is 0. The minimum Gasteiger partial charge on any atom is -0.493 e. The molecule has 0 amide bonds. The van der Waals surface area contributed by atoms with E-state index in [1.165, 1.54) is 5.56 Å². The summed E-state index contributed by atoms with van der Waals surface area (Å²) >= 11 is 0. The molecule has 0 bridgehead atoms. The molecule has 0 saturated heterocycles. The fourth-order valence-corrected chi connectivity index (χ4v) is 2.45. The molecular formula is C17H22N2O2. The number of hydrazine groups is 1. The van der Waals surface area contributed by atoms with Crippen LogP contribution in [0.4, 0.5) is 0 Å². The molecule has 4 heteroatoms. The van der Waals surface area contributed by atoms with E-state index < -0.39 is 0 Å². The standard InChI is InChI=1S/C17H22N2O2/c1-4-12-8-10-13(11-9-12)16(19-18)14-6-5-7-15(20-2)17(14)21-3/h5-11,16,19H,4,18H2,1-3H3. The lowest BCUT2D eigenvalue weighted by atomic mass is 9.96. The van der Waals surface area contributed by atoms with Crippen LogP contribution in [0.25, 0.3) is 0 Å². The van der Waals surface area contributed by atoms with E-state index in [1.54, 1.807) is 14.2 Å². The van der Waals surface area contributed by atoms with Crippen molar-refractivity contribution in [3.05, 3.63) is 59.2 Å². The number of hydrogen-bond donors (Lipinski definition) is 2. The van der Waals surface area contributed by atoms with Crippen molar-refractivity contribution in [3.8, 4) is 11.5 Å². The zero-order chi connectivity index (χ0) is 15.2. The monoisotopic (exact) mass is 286 g/mol. The van der Waals surface area contributed by atoms with E-state index in [4.69, 9.17) is 15.3 Å². The molecule has 4 nitrogen and oxygen atoms in total. The molecule has 0 radical (unpaired) electrons. The average Bonchev–Trinajstić information content (AvgIpc) is 2.55. The third-order valence-corrected chi connectivity index (χ3v) is 3.63. The number of methoxy groups -OCH3 is 2. The first kappa shape index (κ1) is 15.4. The Labute approximate surface area is 125 Å². The van der Waals surface area contributed by atoms with Crippen molar-refractivity contribution < 1.29 is 9.47 Å². The molecule has 0 spiro atoms. The molecular weight excluding hydrogens is 264 g/mol. The maximum absolute atomic E-state index is 5.78. The van der Waals surface area contributed by atoms with Gasteiger partial charge in [0.2, 0.25) is 0 Å². The van der Waals surface area contributed by atoms with Crippen LogP contribution in [0, 0.1) is 0 Å². The predicted molar refractivity (Wildman–Crippen MR) is 84.5 cm³/mol. The van der Waals surface area contributed by atoms with Crippen LogP contribution in [-0.2, 0) is 6.42 Å². The zero-order valence-electron chi connectivity index (χ0n) is 12.7. The van der Waals surface area contributed by atoms with Crippen molar-refractivity contribution in [2.45, 2.75) is 19.4 Å².